The highest BCUT2D eigenvalue weighted by Gasteiger charge is 2.35. The van der Waals surface area contributed by atoms with Crippen LogP contribution in [0, 0.1) is 12.7 Å². The van der Waals surface area contributed by atoms with Crippen molar-refractivity contribution in [1.29, 1.82) is 0 Å². The van der Waals surface area contributed by atoms with Gasteiger partial charge in [-0.25, -0.2) is 17.6 Å². The minimum Gasteiger partial charge on any atom is -0.504 e. The fourth-order valence-corrected chi connectivity index (χ4v) is 5.29. The molecule has 2 amide bonds. The average Bonchev–Trinajstić information content (AvgIpc) is 3.17. The number of anilines is 2. The van der Waals surface area contributed by atoms with E-state index < -0.39 is 37.6 Å². The van der Waals surface area contributed by atoms with Gasteiger partial charge in [-0.15, -0.1) is 0 Å². The number of nitrogens with one attached hydrogen (secondary N) is 3. The molecule has 1 atom stereocenters. The molecule has 1 fully saturated rings. The maximum atomic E-state index is 13.6. The molecule has 28 heavy (non-hydrogen) atoms. The Morgan fingerprint density at radius 3 is 2.64 bits per heavy atom. The molecule has 150 valence electrons. The summed E-state index contributed by atoms with van der Waals surface area (Å²) in [6, 6.07) is 6.04. The van der Waals surface area contributed by atoms with Crippen LogP contribution in [0.4, 0.5) is 20.6 Å². The number of phenolic OH excluding ortho intramolecular Hbond substituents is 1. The second-order valence-corrected chi connectivity index (χ2v) is 9.00. The highest BCUT2D eigenvalue weighted by Crippen LogP contribution is 2.39. The zero-order valence-electron chi connectivity index (χ0n) is 14.9. The largest absolute Gasteiger partial charge is 0.504 e. The number of hydrogen-bond donors (Lipinski definition) is 4. The van der Waals surface area contributed by atoms with Crippen molar-refractivity contribution in [3.05, 3.63) is 46.7 Å². The van der Waals surface area contributed by atoms with E-state index in [1.807, 2.05) is 0 Å². The number of amides is 2. The molecule has 4 N–H and O–H groups in total. The Hall–Kier alpha value is -2.36. The van der Waals surface area contributed by atoms with E-state index in [2.05, 4.69) is 16.0 Å². The van der Waals surface area contributed by atoms with Crippen molar-refractivity contribution < 1.29 is 22.7 Å². The molecular weight excluding hydrogens is 409 g/mol. The van der Waals surface area contributed by atoms with Gasteiger partial charge < -0.3 is 21.1 Å². The number of benzene rings is 2. The Bertz CT molecular complexity index is 1020. The summed E-state index contributed by atoms with van der Waals surface area (Å²) in [5.74, 6) is -1.11. The van der Waals surface area contributed by atoms with Gasteiger partial charge in [0.25, 0.3) is 0 Å². The van der Waals surface area contributed by atoms with Crippen LogP contribution in [0.1, 0.15) is 12.0 Å². The minimum atomic E-state index is -3.90. The zero-order chi connectivity index (χ0) is 20.5. The lowest BCUT2D eigenvalue weighted by Crippen LogP contribution is -2.25. The number of sulfone groups is 1. The molecule has 1 saturated heterocycles. The molecule has 1 aliphatic rings. The number of urea groups is 1. The monoisotopic (exact) mass is 427 g/mol. The molecule has 0 bridgehead atoms. The number of aromatic hydroxyl groups is 1. The Kier molecular flexibility index (Phi) is 5.78. The van der Waals surface area contributed by atoms with Crippen LogP contribution in [0.3, 0.4) is 0 Å². The third kappa shape index (κ3) is 3.91. The van der Waals surface area contributed by atoms with Crippen molar-refractivity contribution in [2.45, 2.75) is 23.5 Å². The SMILES string of the molecule is Cc1c(F)cccc1NC(=O)Nc1ccc(Cl)c(S(=O)(=O)[C@H]2CCNC2)c1O. The molecule has 2 aromatic rings. The summed E-state index contributed by atoms with van der Waals surface area (Å²) < 4.78 is 39.3. The van der Waals surface area contributed by atoms with E-state index in [0.717, 1.165) is 0 Å². The van der Waals surface area contributed by atoms with Crippen molar-refractivity contribution in [1.82, 2.24) is 5.32 Å². The molecule has 0 aliphatic carbocycles. The number of halogens is 2. The van der Waals surface area contributed by atoms with Crippen LogP contribution in [0.5, 0.6) is 5.75 Å². The molecular formula is C18H19ClFN3O4S. The summed E-state index contributed by atoms with van der Waals surface area (Å²) in [4.78, 5) is 11.8. The number of rotatable bonds is 4. The second-order valence-electron chi connectivity index (χ2n) is 6.42. The maximum Gasteiger partial charge on any atom is 0.323 e. The smallest absolute Gasteiger partial charge is 0.323 e. The van der Waals surface area contributed by atoms with Crippen LogP contribution in [-0.2, 0) is 9.84 Å². The molecule has 2 aromatic carbocycles. The van der Waals surface area contributed by atoms with E-state index in [4.69, 9.17) is 11.6 Å². The van der Waals surface area contributed by atoms with Gasteiger partial charge in [-0.3, -0.25) is 0 Å². The molecule has 1 heterocycles. The predicted molar refractivity (Wildman–Crippen MR) is 105 cm³/mol. The first-order chi connectivity index (χ1) is 13.2. The normalized spacial score (nSPS) is 16.8. The Labute approximate surface area is 166 Å². The predicted octanol–water partition coefficient (Wildman–Crippen LogP) is 3.27. The summed E-state index contributed by atoms with van der Waals surface area (Å²) in [6.45, 7) is 2.32. The minimum absolute atomic E-state index is 0.125. The summed E-state index contributed by atoms with van der Waals surface area (Å²) in [5.41, 5.74) is 0.367. The van der Waals surface area contributed by atoms with Crippen molar-refractivity contribution >= 4 is 38.8 Å². The van der Waals surface area contributed by atoms with Gasteiger partial charge in [0.05, 0.1) is 16.0 Å². The van der Waals surface area contributed by atoms with Crippen molar-refractivity contribution in [3.63, 3.8) is 0 Å². The van der Waals surface area contributed by atoms with E-state index in [1.165, 1.54) is 37.3 Å². The molecule has 1 aliphatic heterocycles. The van der Waals surface area contributed by atoms with E-state index >= 15 is 0 Å². The lowest BCUT2D eigenvalue weighted by atomic mass is 10.2. The van der Waals surface area contributed by atoms with Gasteiger partial charge in [0.1, 0.15) is 10.7 Å². The number of hydrogen-bond acceptors (Lipinski definition) is 5. The first-order valence-electron chi connectivity index (χ1n) is 8.51. The first kappa shape index (κ1) is 20.4. The van der Waals surface area contributed by atoms with Gasteiger partial charge in [0, 0.05) is 17.8 Å². The molecule has 0 radical (unpaired) electrons. The van der Waals surface area contributed by atoms with Crippen LogP contribution < -0.4 is 16.0 Å². The van der Waals surface area contributed by atoms with Crippen LogP contribution in [0.25, 0.3) is 0 Å². The lowest BCUT2D eigenvalue weighted by Gasteiger charge is -2.16. The van der Waals surface area contributed by atoms with E-state index in [1.54, 1.807) is 0 Å². The van der Waals surface area contributed by atoms with Gasteiger partial charge in [-0.05, 0) is 44.2 Å². The van der Waals surface area contributed by atoms with E-state index in [0.29, 0.717) is 13.0 Å². The summed E-state index contributed by atoms with van der Waals surface area (Å²) in [6.07, 6.45) is 0.398. The molecule has 0 aromatic heterocycles. The van der Waals surface area contributed by atoms with E-state index in [-0.39, 0.29) is 28.5 Å². The number of phenols is 1. The molecule has 7 nitrogen and oxygen atoms in total. The van der Waals surface area contributed by atoms with E-state index in [9.17, 15) is 22.7 Å². The van der Waals surface area contributed by atoms with Gasteiger partial charge in [-0.2, -0.15) is 0 Å². The van der Waals surface area contributed by atoms with Crippen LogP contribution in [-0.4, -0.2) is 37.9 Å². The highest BCUT2D eigenvalue weighted by molar-refractivity contribution is 7.92. The zero-order valence-corrected chi connectivity index (χ0v) is 16.5. The van der Waals surface area contributed by atoms with Crippen LogP contribution >= 0.6 is 11.6 Å². The molecule has 3 rings (SSSR count). The van der Waals surface area contributed by atoms with Crippen molar-refractivity contribution in [3.8, 4) is 5.75 Å². The fourth-order valence-electron chi connectivity index (χ4n) is 3.00. The average molecular weight is 428 g/mol. The molecule has 0 spiro atoms. The van der Waals surface area contributed by atoms with Crippen molar-refractivity contribution in [2.24, 2.45) is 0 Å². The topological polar surface area (TPSA) is 108 Å². The Morgan fingerprint density at radius 2 is 1.96 bits per heavy atom. The standard InChI is InChI=1S/C18H19ClFN3O4S/c1-10-13(20)3-2-4-14(10)22-18(25)23-15-6-5-12(19)17(16(15)24)28(26,27)11-7-8-21-9-11/h2-6,11,21,24H,7-9H2,1H3,(H2,22,23,25)/t11-/m0/s1. The molecule has 10 heteroatoms. The summed E-state index contributed by atoms with van der Waals surface area (Å²) in [5, 5.41) is 17.4. The fraction of sp³-hybridized carbons (Fsp3) is 0.278. The number of carbonyl (C=O) groups excluding carboxylic acids is 1. The number of carbonyl (C=O) groups is 1. The lowest BCUT2D eigenvalue weighted by molar-refractivity contribution is 0.262. The van der Waals surface area contributed by atoms with Crippen LogP contribution in [0.2, 0.25) is 5.02 Å². The quantitative estimate of drug-likeness (QED) is 0.560. The van der Waals surface area contributed by atoms with Crippen molar-refractivity contribution in [2.75, 3.05) is 23.7 Å². The third-order valence-corrected chi connectivity index (χ3v) is 7.28. The second kappa shape index (κ2) is 7.94. The highest BCUT2D eigenvalue weighted by atomic mass is 35.5. The summed E-state index contributed by atoms with van der Waals surface area (Å²) >= 11 is 6.04. The van der Waals surface area contributed by atoms with Crippen LogP contribution in [0.15, 0.2) is 35.2 Å². The molecule has 0 unspecified atom stereocenters. The third-order valence-electron chi connectivity index (χ3n) is 4.59. The maximum absolute atomic E-state index is 13.6. The Morgan fingerprint density at radius 1 is 1.25 bits per heavy atom. The van der Waals surface area contributed by atoms with Gasteiger partial charge in [0.2, 0.25) is 0 Å². The summed E-state index contributed by atoms with van der Waals surface area (Å²) in [7, 11) is -3.90. The Balaban J connectivity index is 1.87. The molecule has 0 saturated carbocycles. The van der Waals surface area contributed by atoms with Gasteiger partial charge >= 0.3 is 6.03 Å². The van der Waals surface area contributed by atoms with Gasteiger partial charge in [0.15, 0.2) is 15.6 Å². The van der Waals surface area contributed by atoms with Gasteiger partial charge in [-0.1, -0.05) is 17.7 Å². The first-order valence-corrected chi connectivity index (χ1v) is 10.4.